The maximum atomic E-state index is 13.0. The van der Waals surface area contributed by atoms with Crippen LogP contribution in [0.2, 0.25) is 0 Å². The van der Waals surface area contributed by atoms with Crippen LogP contribution in [-0.4, -0.2) is 38.1 Å². The highest BCUT2D eigenvalue weighted by atomic mass is 32.2. The van der Waals surface area contributed by atoms with E-state index in [2.05, 4.69) is 0 Å². The molecule has 1 aliphatic rings. The van der Waals surface area contributed by atoms with Gasteiger partial charge < -0.3 is 4.90 Å². The molecule has 0 bridgehead atoms. The first-order chi connectivity index (χ1) is 9.96. The number of sulfone groups is 1. The van der Waals surface area contributed by atoms with Crippen molar-refractivity contribution in [1.29, 1.82) is 0 Å². The third-order valence-electron chi connectivity index (χ3n) is 3.61. The van der Waals surface area contributed by atoms with Crippen molar-refractivity contribution >= 4 is 15.7 Å². The molecule has 0 radical (unpaired) electrons. The number of hydrogen-bond donors (Lipinski definition) is 0. The molecule has 1 saturated heterocycles. The van der Waals surface area contributed by atoms with Crippen molar-refractivity contribution in [3.05, 3.63) is 35.6 Å². The van der Waals surface area contributed by atoms with Crippen molar-refractivity contribution in [2.45, 2.75) is 31.4 Å². The van der Waals surface area contributed by atoms with Gasteiger partial charge in [-0.2, -0.15) is 0 Å². The Hall–Kier alpha value is -1.43. The number of likely N-dealkylation sites (tertiary alicyclic amines) is 1. The number of benzene rings is 1. The van der Waals surface area contributed by atoms with Gasteiger partial charge in [-0.3, -0.25) is 4.79 Å². The quantitative estimate of drug-likeness (QED) is 0.837. The first-order valence-corrected chi connectivity index (χ1v) is 9.01. The van der Waals surface area contributed by atoms with Gasteiger partial charge in [-0.1, -0.05) is 12.1 Å². The number of carbonyl (C=O) groups is 1. The summed E-state index contributed by atoms with van der Waals surface area (Å²) in [6.45, 7) is 1.45. The number of amides is 1. The number of piperidine rings is 1. The van der Waals surface area contributed by atoms with Crippen LogP contribution in [0.3, 0.4) is 0 Å². The van der Waals surface area contributed by atoms with Crippen LogP contribution in [0, 0.1) is 5.82 Å². The molecule has 1 aromatic carbocycles. The average molecular weight is 313 g/mol. The van der Waals surface area contributed by atoms with Gasteiger partial charge in [-0.25, -0.2) is 12.8 Å². The smallest absolute Gasteiger partial charge is 0.223 e. The minimum absolute atomic E-state index is 0.0116. The predicted molar refractivity (Wildman–Crippen MR) is 78.9 cm³/mol. The summed E-state index contributed by atoms with van der Waals surface area (Å²) in [5.41, 5.74) is 0.417. The van der Waals surface area contributed by atoms with Gasteiger partial charge in [0.2, 0.25) is 5.91 Å². The van der Waals surface area contributed by atoms with E-state index in [0.29, 0.717) is 5.56 Å². The molecular formula is C15H20FNO3S. The Morgan fingerprint density at radius 2 is 1.90 bits per heavy atom. The van der Waals surface area contributed by atoms with Gasteiger partial charge in [-0.05, 0) is 37.0 Å². The zero-order chi connectivity index (χ0) is 15.3. The Balaban J connectivity index is 1.87. The molecular weight excluding hydrogens is 293 g/mol. The molecule has 21 heavy (non-hydrogen) atoms. The molecule has 1 amide bonds. The van der Waals surface area contributed by atoms with Gasteiger partial charge in [0.05, 0.1) is 11.5 Å². The average Bonchev–Trinajstić information content (AvgIpc) is 2.45. The summed E-state index contributed by atoms with van der Waals surface area (Å²) >= 11 is 0. The van der Waals surface area contributed by atoms with Crippen LogP contribution in [-0.2, 0) is 20.4 Å². The Kier molecular flexibility index (Phi) is 5.33. The van der Waals surface area contributed by atoms with E-state index in [9.17, 15) is 17.6 Å². The number of halogens is 1. The van der Waals surface area contributed by atoms with E-state index in [4.69, 9.17) is 0 Å². The highest BCUT2D eigenvalue weighted by Gasteiger charge is 2.20. The molecule has 1 aromatic rings. The van der Waals surface area contributed by atoms with Crippen LogP contribution in [0.4, 0.5) is 4.39 Å². The summed E-state index contributed by atoms with van der Waals surface area (Å²) < 4.78 is 37.1. The number of carbonyl (C=O) groups excluding carboxylic acids is 1. The SMILES string of the molecule is O=C(CCS(=O)(=O)Cc1cccc(F)c1)N1CCCCC1. The zero-order valence-electron chi connectivity index (χ0n) is 11.9. The summed E-state index contributed by atoms with van der Waals surface area (Å²) in [7, 11) is -3.40. The zero-order valence-corrected chi connectivity index (χ0v) is 12.7. The van der Waals surface area contributed by atoms with Gasteiger partial charge in [0.15, 0.2) is 9.84 Å². The lowest BCUT2D eigenvalue weighted by Crippen LogP contribution is -2.36. The summed E-state index contributed by atoms with van der Waals surface area (Å²) in [5.74, 6) is -0.957. The molecule has 0 aromatic heterocycles. The molecule has 0 aliphatic carbocycles. The van der Waals surface area contributed by atoms with Crippen molar-refractivity contribution < 1.29 is 17.6 Å². The van der Waals surface area contributed by atoms with E-state index in [0.717, 1.165) is 32.4 Å². The summed E-state index contributed by atoms with van der Waals surface area (Å²) in [6, 6.07) is 5.55. The topological polar surface area (TPSA) is 54.5 Å². The lowest BCUT2D eigenvalue weighted by Gasteiger charge is -2.26. The van der Waals surface area contributed by atoms with Crippen molar-refractivity contribution in [2.75, 3.05) is 18.8 Å². The molecule has 1 aliphatic heterocycles. The molecule has 0 N–H and O–H groups in total. The molecule has 0 saturated carbocycles. The second kappa shape index (κ2) is 7.02. The third-order valence-corrected chi connectivity index (χ3v) is 5.21. The fourth-order valence-corrected chi connectivity index (χ4v) is 3.81. The van der Waals surface area contributed by atoms with Crippen molar-refractivity contribution in [3.8, 4) is 0 Å². The number of rotatable bonds is 5. The molecule has 2 rings (SSSR count). The van der Waals surface area contributed by atoms with E-state index in [1.807, 2.05) is 0 Å². The molecule has 0 unspecified atom stereocenters. The monoisotopic (exact) mass is 313 g/mol. The molecule has 116 valence electrons. The minimum Gasteiger partial charge on any atom is -0.343 e. The fourth-order valence-electron chi connectivity index (χ4n) is 2.50. The second-order valence-electron chi connectivity index (χ2n) is 5.41. The maximum Gasteiger partial charge on any atom is 0.223 e. The normalized spacial score (nSPS) is 16.0. The highest BCUT2D eigenvalue weighted by molar-refractivity contribution is 7.90. The molecule has 4 nitrogen and oxygen atoms in total. The Labute approximate surface area is 124 Å². The highest BCUT2D eigenvalue weighted by Crippen LogP contribution is 2.13. The lowest BCUT2D eigenvalue weighted by molar-refractivity contribution is -0.131. The standard InChI is InChI=1S/C15H20FNO3S/c16-14-6-4-5-13(11-14)12-21(19,20)10-7-15(18)17-8-2-1-3-9-17/h4-6,11H,1-3,7-10,12H2. The lowest BCUT2D eigenvalue weighted by atomic mass is 10.1. The Morgan fingerprint density at radius 3 is 2.57 bits per heavy atom. The molecule has 0 spiro atoms. The van der Waals surface area contributed by atoms with Gasteiger partial charge in [0.25, 0.3) is 0 Å². The largest absolute Gasteiger partial charge is 0.343 e. The van der Waals surface area contributed by atoms with Crippen molar-refractivity contribution in [1.82, 2.24) is 4.90 Å². The van der Waals surface area contributed by atoms with E-state index >= 15 is 0 Å². The van der Waals surface area contributed by atoms with Crippen molar-refractivity contribution in [2.24, 2.45) is 0 Å². The van der Waals surface area contributed by atoms with Gasteiger partial charge in [0, 0.05) is 19.5 Å². The second-order valence-corrected chi connectivity index (χ2v) is 7.60. The van der Waals surface area contributed by atoms with Crippen LogP contribution in [0.1, 0.15) is 31.2 Å². The first kappa shape index (κ1) is 15.9. The van der Waals surface area contributed by atoms with E-state index in [1.54, 1.807) is 11.0 Å². The van der Waals surface area contributed by atoms with Gasteiger partial charge in [-0.15, -0.1) is 0 Å². The molecule has 1 heterocycles. The van der Waals surface area contributed by atoms with Crippen LogP contribution in [0.5, 0.6) is 0 Å². The van der Waals surface area contributed by atoms with Crippen LogP contribution >= 0.6 is 0 Å². The van der Waals surface area contributed by atoms with E-state index < -0.39 is 15.7 Å². The number of nitrogens with zero attached hydrogens (tertiary/aromatic N) is 1. The molecule has 1 fully saturated rings. The summed E-state index contributed by atoms with van der Waals surface area (Å²) in [6.07, 6.45) is 3.11. The Morgan fingerprint density at radius 1 is 1.19 bits per heavy atom. The van der Waals surface area contributed by atoms with Crippen LogP contribution in [0.15, 0.2) is 24.3 Å². The van der Waals surface area contributed by atoms with Gasteiger partial charge in [0.1, 0.15) is 5.82 Å². The van der Waals surface area contributed by atoms with Gasteiger partial charge >= 0.3 is 0 Å². The molecule has 6 heteroatoms. The fraction of sp³-hybridized carbons (Fsp3) is 0.533. The summed E-state index contributed by atoms with van der Waals surface area (Å²) in [4.78, 5) is 13.7. The third kappa shape index (κ3) is 5.12. The van der Waals surface area contributed by atoms with E-state index in [-0.39, 0.29) is 23.8 Å². The molecule has 0 atom stereocenters. The minimum atomic E-state index is -3.40. The van der Waals surface area contributed by atoms with E-state index in [1.165, 1.54) is 18.2 Å². The van der Waals surface area contributed by atoms with Crippen molar-refractivity contribution in [3.63, 3.8) is 0 Å². The summed E-state index contributed by atoms with van der Waals surface area (Å²) in [5, 5.41) is 0. The van der Waals surface area contributed by atoms with Crippen LogP contribution in [0.25, 0.3) is 0 Å². The number of hydrogen-bond acceptors (Lipinski definition) is 3. The predicted octanol–water partition coefficient (Wildman–Crippen LogP) is 2.14. The Bertz CT molecular complexity index is 595. The maximum absolute atomic E-state index is 13.0. The van der Waals surface area contributed by atoms with Crippen LogP contribution < -0.4 is 0 Å². The first-order valence-electron chi connectivity index (χ1n) is 7.19.